The number of benzene rings is 1. The number of carbonyl (C=O) groups is 2. The van der Waals surface area contributed by atoms with E-state index in [1.165, 1.54) is 32.1 Å². The number of hydrogen-bond acceptors (Lipinski definition) is 2. The van der Waals surface area contributed by atoms with Crippen molar-refractivity contribution in [3.63, 3.8) is 0 Å². The molecule has 1 atom stereocenters. The summed E-state index contributed by atoms with van der Waals surface area (Å²) in [7, 11) is 0. The Morgan fingerprint density at radius 1 is 1.04 bits per heavy atom. The summed E-state index contributed by atoms with van der Waals surface area (Å²) in [6.07, 6.45) is 8.04. The molecule has 2 aliphatic rings. The van der Waals surface area contributed by atoms with E-state index >= 15 is 0 Å². The minimum absolute atomic E-state index is 0.0968. The summed E-state index contributed by atoms with van der Waals surface area (Å²) in [5, 5.41) is 6.64. The van der Waals surface area contributed by atoms with Gasteiger partial charge in [0.15, 0.2) is 0 Å². The summed E-state index contributed by atoms with van der Waals surface area (Å²) in [4.78, 5) is 26.7. The molecule has 1 saturated carbocycles. The van der Waals surface area contributed by atoms with Crippen LogP contribution >= 0.6 is 11.6 Å². The molecule has 1 aromatic rings. The Balaban J connectivity index is 1.47. The van der Waals surface area contributed by atoms with Crippen LogP contribution in [0, 0.1) is 11.8 Å². The normalized spacial score (nSPS) is 21.3. The lowest BCUT2D eigenvalue weighted by molar-refractivity contribution is -0.126. The van der Waals surface area contributed by atoms with Crippen molar-refractivity contribution in [2.75, 3.05) is 25.0 Å². The minimum atomic E-state index is -0.155. The van der Waals surface area contributed by atoms with E-state index in [1.54, 1.807) is 29.2 Å². The number of urea groups is 1. The first-order valence-electron chi connectivity index (χ1n) is 9.71. The lowest BCUT2D eigenvalue weighted by atomic mass is 9.89. The Labute approximate surface area is 160 Å². The number of halogens is 1. The second-order valence-corrected chi connectivity index (χ2v) is 7.91. The van der Waals surface area contributed by atoms with Crippen molar-refractivity contribution in [3.8, 4) is 0 Å². The molecule has 2 fully saturated rings. The number of likely N-dealkylation sites (tertiary alicyclic amines) is 1. The van der Waals surface area contributed by atoms with Gasteiger partial charge in [0, 0.05) is 30.3 Å². The first-order chi connectivity index (χ1) is 12.6. The summed E-state index contributed by atoms with van der Waals surface area (Å²) in [6, 6.07) is 6.89. The van der Waals surface area contributed by atoms with Gasteiger partial charge in [-0.1, -0.05) is 30.9 Å². The van der Waals surface area contributed by atoms with Gasteiger partial charge in [-0.3, -0.25) is 4.79 Å². The summed E-state index contributed by atoms with van der Waals surface area (Å²) in [6.45, 7) is 1.95. The highest BCUT2D eigenvalue weighted by Gasteiger charge is 2.28. The predicted molar refractivity (Wildman–Crippen MR) is 104 cm³/mol. The van der Waals surface area contributed by atoms with Gasteiger partial charge in [0.2, 0.25) is 5.91 Å². The van der Waals surface area contributed by atoms with E-state index in [4.69, 9.17) is 11.6 Å². The van der Waals surface area contributed by atoms with Gasteiger partial charge >= 0.3 is 6.03 Å². The molecular formula is C20H28ClN3O2. The maximum Gasteiger partial charge on any atom is 0.321 e. The molecular weight excluding hydrogens is 350 g/mol. The smallest absolute Gasteiger partial charge is 0.321 e. The summed E-state index contributed by atoms with van der Waals surface area (Å²) >= 11 is 5.87. The maximum atomic E-state index is 12.5. The molecule has 0 radical (unpaired) electrons. The standard InChI is InChI=1S/C20H28ClN3O2/c21-17-8-10-18(11-9-17)23-20(26)24-12-4-7-16(14-24)19(25)22-13-15-5-2-1-3-6-15/h8-11,15-16H,1-7,12-14H2,(H,22,25)(H,23,26)/t16-/m0/s1. The quantitative estimate of drug-likeness (QED) is 0.822. The first-order valence-corrected chi connectivity index (χ1v) is 10.1. The second-order valence-electron chi connectivity index (χ2n) is 7.47. The molecule has 26 heavy (non-hydrogen) atoms. The molecule has 3 amide bonds. The first kappa shape index (κ1) is 19.0. The topological polar surface area (TPSA) is 61.4 Å². The second kappa shape index (κ2) is 9.26. The molecule has 142 valence electrons. The molecule has 5 nitrogen and oxygen atoms in total. The predicted octanol–water partition coefficient (Wildman–Crippen LogP) is 4.28. The van der Waals surface area contributed by atoms with E-state index in [0.29, 0.717) is 29.7 Å². The fourth-order valence-corrected chi connectivity index (χ4v) is 4.02. The SMILES string of the molecule is O=C(NCC1CCCCC1)[C@H]1CCCN(C(=O)Nc2ccc(Cl)cc2)C1. The van der Waals surface area contributed by atoms with Gasteiger partial charge in [-0.15, -0.1) is 0 Å². The van der Waals surface area contributed by atoms with Gasteiger partial charge in [0.1, 0.15) is 0 Å². The fraction of sp³-hybridized carbons (Fsp3) is 0.600. The van der Waals surface area contributed by atoms with Crippen molar-refractivity contribution in [1.82, 2.24) is 10.2 Å². The van der Waals surface area contributed by atoms with E-state index in [-0.39, 0.29) is 17.9 Å². The molecule has 1 heterocycles. The zero-order valence-corrected chi connectivity index (χ0v) is 15.9. The van der Waals surface area contributed by atoms with E-state index in [1.807, 2.05) is 0 Å². The number of rotatable bonds is 4. The zero-order valence-electron chi connectivity index (χ0n) is 15.2. The Morgan fingerprint density at radius 3 is 2.50 bits per heavy atom. The molecule has 3 rings (SSSR count). The number of carbonyl (C=O) groups excluding carboxylic acids is 2. The molecule has 2 N–H and O–H groups in total. The molecule has 0 spiro atoms. The summed E-state index contributed by atoms with van der Waals surface area (Å²) in [5.41, 5.74) is 0.711. The Hall–Kier alpha value is -1.75. The number of nitrogens with one attached hydrogen (secondary N) is 2. The van der Waals surface area contributed by atoms with Crippen molar-refractivity contribution >= 4 is 29.2 Å². The van der Waals surface area contributed by atoms with Crippen LogP contribution in [0.5, 0.6) is 0 Å². The van der Waals surface area contributed by atoms with E-state index in [0.717, 1.165) is 19.4 Å². The zero-order chi connectivity index (χ0) is 18.4. The van der Waals surface area contributed by atoms with Gasteiger partial charge in [0.05, 0.1) is 5.92 Å². The van der Waals surface area contributed by atoms with Crippen LogP contribution in [0.3, 0.4) is 0 Å². The molecule has 0 bridgehead atoms. The van der Waals surface area contributed by atoms with Crippen LogP contribution in [-0.4, -0.2) is 36.5 Å². The molecule has 0 aromatic heterocycles. The Kier molecular flexibility index (Phi) is 6.78. The minimum Gasteiger partial charge on any atom is -0.356 e. The average molecular weight is 378 g/mol. The van der Waals surface area contributed by atoms with Crippen molar-refractivity contribution in [2.45, 2.75) is 44.9 Å². The maximum absolute atomic E-state index is 12.5. The number of piperidine rings is 1. The van der Waals surface area contributed by atoms with E-state index in [2.05, 4.69) is 10.6 Å². The molecule has 0 unspecified atom stereocenters. The highest BCUT2D eigenvalue weighted by atomic mass is 35.5. The third-order valence-corrected chi connectivity index (χ3v) is 5.72. The highest BCUT2D eigenvalue weighted by Crippen LogP contribution is 2.23. The largest absolute Gasteiger partial charge is 0.356 e. The fourth-order valence-electron chi connectivity index (χ4n) is 3.89. The molecule has 1 aliphatic heterocycles. The molecule has 1 saturated heterocycles. The highest BCUT2D eigenvalue weighted by molar-refractivity contribution is 6.30. The van der Waals surface area contributed by atoms with Crippen molar-refractivity contribution in [1.29, 1.82) is 0 Å². The third kappa shape index (κ3) is 5.37. The van der Waals surface area contributed by atoms with Gasteiger partial charge in [-0.2, -0.15) is 0 Å². The summed E-state index contributed by atoms with van der Waals surface area (Å²) < 4.78 is 0. The number of nitrogens with zero attached hydrogens (tertiary/aromatic N) is 1. The third-order valence-electron chi connectivity index (χ3n) is 5.46. The molecule has 1 aromatic carbocycles. The Morgan fingerprint density at radius 2 is 1.77 bits per heavy atom. The lowest BCUT2D eigenvalue weighted by Crippen LogP contribution is -2.47. The van der Waals surface area contributed by atoms with Crippen molar-refractivity contribution in [3.05, 3.63) is 29.3 Å². The van der Waals surface area contributed by atoms with Crippen molar-refractivity contribution in [2.24, 2.45) is 11.8 Å². The monoisotopic (exact) mass is 377 g/mol. The van der Waals surface area contributed by atoms with Gasteiger partial charge in [-0.25, -0.2) is 4.79 Å². The van der Waals surface area contributed by atoms with Crippen LogP contribution in [0.1, 0.15) is 44.9 Å². The van der Waals surface area contributed by atoms with Crippen molar-refractivity contribution < 1.29 is 9.59 Å². The number of anilines is 1. The average Bonchev–Trinajstić information content (AvgIpc) is 2.69. The molecule has 6 heteroatoms. The van der Waals surface area contributed by atoms with Crippen LogP contribution in [0.15, 0.2) is 24.3 Å². The van der Waals surface area contributed by atoms with Crippen LogP contribution in [0.4, 0.5) is 10.5 Å². The molecule has 1 aliphatic carbocycles. The van der Waals surface area contributed by atoms with E-state index in [9.17, 15) is 9.59 Å². The van der Waals surface area contributed by atoms with Gasteiger partial charge in [0.25, 0.3) is 0 Å². The van der Waals surface area contributed by atoms with E-state index < -0.39 is 0 Å². The summed E-state index contributed by atoms with van der Waals surface area (Å²) in [5.74, 6) is 0.614. The number of amides is 3. The lowest BCUT2D eigenvalue weighted by Gasteiger charge is -2.32. The van der Waals surface area contributed by atoms with Crippen LogP contribution < -0.4 is 10.6 Å². The van der Waals surface area contributed by atoms with Crippen LogP contribution in [-0.2, 0) is 4.79 Å². The van der Waals surface area contributed by atoms with Gasteiger partial charge < -0.3 is 15.5 Å². The van der Waals surface area contributed by atoms with Gasteiger partial charge in [-0.05, 0) is 55.9 Å². The number of hydrogen-bond donors (Lipinski definition) is 2. The van der Waals surface area contributed by atoms with Crippen LogP contribution in [0.2, 0.25) is 5.02 Å². The Bertz CT molecular complexity index is 614. The van der Waals surface area contributed by atoms with Crippen LogP contribution in [0.25, 0.3) is 0 Å².